The molecular weight excluding hydrogens is 298 g/mol. The van der Waals surface area contributed by atoms with Crippen LogP contribution in [0.25, 0.3) is 0 Å². The van der Waals surface area contributed by atoms with Crippen LogP contribution < -0.4 is 0 Å². The van der Waals surface area contributed by atoms with Gasteiger partial charge >= 0.3 is 5.97 Å². The minimum absolute atomic E-state index is 0.0748. The van der Waals surface area contributed by atoms with Crippen LogP contribution in [-0.2, 0) is 20.6 Å². The molecule has 1 aliphatic rings. The molecule has 0 saturated carbocycles. The Balaban J connectivity index is 2.15. The van der Waals surface area contributed by atoms with E-state index in [-0.39, 0.29) is 12.2 Å². The van der Waals surface area contributed by atoms with Gasteiger partial charge in [0.2, 0.25) is 10.0 Å². The van der Waals surface area contributed by atoms with Gasteiger partial charge in [0, 0.05) is 24.1 Å². The van der Waals surface area contributed by atoms with E-state index in [1.165, 1.54) is 4.31 Å². The van der Waals surface area contributed by atoms with Gasteiger partial charge in [0.1, 0.15) is 0 Å². The summed E-state index contributed by atoms with van der Waals surface area (Å²) in [5.74, 6) is 0.219. The molecule has 7 heteroatoms. The molecule has 5 nitrogen and oxygen atoms in total. The number of aliphatic carboxylic acids is 1. The van der Waals surface area contributed by atoms with Gasteiger partial charge in [-0.25, -0.2) is 8.42 Å². The van der Waals surface area contributed by atoms with Gasteiger partial charge in [-0.1, -0.05) is 30.3 Å². The van der Waals surface area contributed by atoms with Crippen molar-refractivity contribution in [1.29, 1.82) is 0 Å². The molecule has 0 amide bonds. The van der Waals surface area contributed by atoms with E-state index in [9.17, 15) is 13.2 Å². The van der Waals surface area contributed by atoms with Crippen molar-refractivity contribution in [2.45, 2.75) is 18.2 Å². The number of benzene rings is 1. The number of hydrogen-bond acceptors (Lipinski definition) is 4. The third kappa shape index (κ3) is 3.97. The zero-order valence-electron chi connectivity index (χ0n) is 10.9. The zero-order chi connectivity index (χ0) is 14.6. The number of rotatable bonds is 5. The highest BCUT2D eigenvalue weighted by atomic mass is 32.2. The Morgan fingerprint density at radius 3 is 2.70 bits per heavy atom. The number of hydrogen-bond donors (Lipinski definition) is 1. The van der Waals surface area contributed by atoms with Crippen molar-refractivity contribution in [2.75, 3.05) is 18.1 Å². The van der Waals surface area contributed by atoms with Gasteiger partial charge in [0.25, 0.3) is 0 Å². The Morgan fingerprint density at radius 1 is 1.35 bits per heavy atom. The second kappa shape index (κ2) is 6.60. The fraction of sp³-hybridized carbons (Fsp3) is 0.462. The Morgan fingerprint density at radius 2 is 2.05 bits per heavy atom. The highest BCUT2D eigenvalue weighted by molar-refractivity contribution is 7.99. The summed E-state index contributed by atoms with van der Waals surface area (Å²) >= 11 is 1.60. The van der Waals surface area contributed by atoms with E-state index in [1.54, 1.807) is 36.0 Å². The molecule has 1 saturated heterocycles. The van der Waals surface area contributed by atoms with Gasteiger partial charge < -0.3 is 5.11 Å². The fourth-order valence-corrected chi connectivity index (χ4v) is 5.26. The molecule has 0 aliphatic carbocycles. The lowest BCUT2D eigenvalue weighted by atomic mass is 10.2. The van der Waals surface area contributed by atoms with E-state index in [1.807, 2.05) is 6.07 Å². The Labute approximate surface area is 123 Å². The molecule has 1 unspecified atom stereocenters. The average Bonchev–Trinajstić information content (AvgIpc) is 2.39. The maximum atomic E-state index is 12.5. The van der Waals surface area contributed by atoms with Gasteiger partial charge in [-0.2, -0.15) is 16.1 Å². The van der Waals surface area contributed by atoms with E-state index >= 15 is 0 Å². The predicted octanol–water partition coefficient (Wildman–Crippen LogP) is 1.41. The van der Waals surface area contributed by atoms with E-state index in [4.69, 9.17) is 5.11 Å². The molecule has 0 radical (unpaired) electrons. The smallest absolute Gasteiger partial charge is 0.305 e. The minimum Gasteiger partial charge on any atom is -0.481 e. The number of sulfonamides is 1. The monoisotopic (exact) mass is 315 g/mol. The zero-order valence-corrected chi connectivity index (χ0v) is 12.6. The van der Waals surface area contributed by atoms with Crippen LogP contribution in [0.15, 0.2) is 30.3 Å². The van der Waals surface area contributed by atoms with Gasteiger partial charge in [-0.3, -0.25) is 4.79 Å². The summed E-state index contributed by atoms with van der Waals surface area (Å²) in [6, 6.07) is 8.52. The van der Waals surface area contributed by atoms with Crippen LogP contribution in [0.3, 0.4) is 0 Å². The quantitative estimate of drug-likeness (QED) is 0.889. The number of carboxylic acid groups (broad SMARTS) is 1. The summed E-state index contributed by atoms with van der Waals surface area (Å²) < 4.78 is 26.3. The van der Waals surface area contributed by atoms with Gasteiger partial charge in [-0.05, 0) is 5.56 Å². The summed E-state index contributed by atoms with van der Waals surface area (Å²) in [7, 11) is -3.47. The second-order valence-corrected chi connectivity index (χ2v) is 7.75. The molecule has 110 valence electrons. The van der Waals surface area contributed by atoms with Gasteiger partial charge in [0.15, 0.2) is 0 Å². The first-order valence-corrected chi connectivity index (χ1v) is 9.08. The number of carboxylic acids is 1. The fourth-order valence-electron chi connectivity index (χ4n) is 2.24. The van der Waals surface area contributed by atoms with Gasteiger partial charge in [0.05, 0.1) is 12.2 Å². The highest BCUT2D eigenvalue weighted by Crippen LogP contribution is 2.24. The molecule has 1 atom stereocenters. The molecule has 20 heavy (non-hydrogen) atoms. The maximum Gasteiger partial charge on any atom is 0.305 e. The summed E-state index contributed by atoms with van der Waals surface area (Å²) in [5.41, 5.74) is 0.722. The molecule has 1 aliphatic heterocycles. The molecule has 0 spiro atoms. The van der Waals surface area contributed by atoms with Crippen molar-refractivity contribution < 1.29 is 18.3 Å². The molecule has 0 bridgehead atoms. The average molecular weight is 315 g/mol. The van der Waals surface area contributed by atoms with E-state index in [0.29, 0.717) is 18.1 Å². The highest BCUT2D eigenvalue weighted by Gasteiger charge is 2.33. The first-order chi connectivity index (χ1) is 9.49. The SMILES string of the molecule is O=C(O)CC1CSCCN1S(=O)(=O)Cc1ccccc1. The summed E-state index contributed by atoms with van der Waals surface area (Å²) in [6.45, 7) is 0.387. The molecule has 1 heterocycles. The first kappa shape index (κ1) is 15.3. The second-order valence-electron chi connectivity index (χ2n) is 4.68. The largest absolute Gasteiger partial charge is 0.481 e. The number of thioether (sulfide) groups is 1. The van der Waals surface area contributed by atoms with Crippen molar-refractivity contribution in [3.05, 3.63) is 35.9 Å². The minimum atomic E-state index is -3.47. The van der Waals surface area contributed by atoms with Crippen molar-refractivity contribution in [2.24, 2.45) is 0 Å². The van der Waals surface area contributed by atoms with Crippen LogP contribution in [0.5, 0.6) is 0 Å². The molecule has 1 N–H and O–H groups in total. The van der Waals surface area contributed by atoms with Crippen LogP contribution in [-0.4, -0.2) is 47.9 Å². The Kier molecular flexibility index (Phi) is 5.06. The Bertz CT molecular complexity index is 559. The third-order valence-corrected chi connectivity index (χ3v) is 6.12. The summed E-state index contributed by atoms with van der Waals surface area (Å²) in [5, 5.41) is 8.91. The summed E-state index contributed by atoms with van der Waals surface area (Å²) in [6.07, 6.45) is -0.138. The lowest BCUT2D eigenvalue weighted by Gasteiger charge is -2.33. The maximum absolute atomic E-state index is 12.5. The van der Waals surface area contributed by atoms with Crippen molar-refractivity contribution >= 4 is 27.8 Å². The number of carbonyl (C=O) groups is 1. The normalized spacial score (nSPS) is 20.7. The van der Waals surface area contributed by atoms with Crippen LogP contribution in [0.2, 0.25) is 0 Å². The van der Waals surface area contributed by atoms with E-state index < -0.39 is 22.0 Å². The lowest BCUT2D eigenvalue weighted by molar-refractivity contribution is -0.137. The summed E-state index contributed by atoms with van der Waals surface area (Å²) in [4.78, 5) is 10.9. The molecular formula is C13H17NO4S2. The van der Waals surface area contributed by atoms with E-state index in [2.05, 4.69) is 0 Å². The standard InChI is InChI=1S/C13H17NO4S2/c15-13(16)8-12-9-19-7-6-14(12)20(17,18)10-11-4-2-1-3-5-11/h1-5,12H,6-10H2,(H,15,16). The molecule has 1 aromatic rings. The first-order valence-electron chi connectivity index (χ1n) is 6.32. The van der Waals surface area contributed by atoms with Crippen molar-refractivity contribution in [3.8, 4) is 0 Å². The molecule has 1 aromatic carbocycles. The van der Waals surface area contributed by atoms with Crippen molar-refractivity contribution in [1.82, 2.24) is 4.31 Å². The van der Waals surface area contributed by atoms with Crippen LogP contribution >= 0.6 is 11.8 Å². The topological polar surface area (TPSA) is 74.7 Å². The molecule has 0 aromatic heterocycles. The van der Waals surface area contributed by atoms with E-state index in [0.717, 1.165) is 5.56 Å². The molecule has 2 rings (SSSR count). The van der Waals surface area contributed by atoms with Crippen LogP contribution in [0, 0.1) is 0 Å². The van der Waals surface area contributed by atoms with Crippen LogP contribution in [0.1, 0.15) is 12.0 Å². The number of nitrogens with zero attached hydrogens (tertiary/aromatic N) is 1. The van der Waals surface area contributed by atoms with Crippen molar-refractivity contribution in [3.63, 3.8) is 0 Å². The predicted molar refractivity (Wildman–Crippen MR) is 79.1 cm³/mol. The van der Waals surface area contributed by atoms with Gasteiger partial charge in [-0.15, -0.1) is 0 Å². The van der Waals surface area contributed by atoms with Crippen LogP contribution in [0.4, 0.5) is 0 Å². The Hall–Kier alpha value is -1.05. The molecule has 1 fully saturated rings. The lowest BCUT2D eigenvalue weighted by Crippen LogP contribution is -2.47. The third-order valence-electron chi connectivity index (χ3n) is 3.13.